The van der Waals surface area contributed by atoms with Gasteiger partial charge in [-0.1, -0.05) is 6.92 Å². The highest BCUT2D eigenvalue weighted by atomic mass is 16.5. The summed E-state index contributed by atoms with van der Waals surface area (Å²) < 4.78 is 10.7. The third-order valence-corrected chi connectivity index (χ3v) is 2.25. The summed E-state index contributed by atoms with van der Waals surface area (Å²) in [7, 11) is 1.76. The van der Waals surface area contributed by atoms with E-state index in [2.05, 4.69) is 13.8 Å². The smallest absolute Gasteiger partial charge is 0.0856 e. The minimum atomic E-state index is 0.272. The van der Waals surface area contributed by atoms with Gasteiger partial charge in [-0.2, -0.15) is 0 Å². The molecule has 0 aromatic carbocycles. The molecule has 1 unspecified atom stereocenters. The predicted octanol–water partition coefficient (Wildman–Crippen LogP) is 1.45. The van der Waals surface area contributed by atoms with E-state index in [4.69, 9.17) is 9.47 Å². The highest BCUT2D eigenvalue weighted by molar-refractivity contribution is 4.76. The summed E-state index contributed by atoms with van der Waals surface area (Å²) in [6.07, 6.45) is 1.70. The molecular formula is C8H16O2. The van der Waals surface area contributed by atoms with Gasteiger partial charge < -0.3 is 9.47 Å². The average molecular weight is 144 g/mol. The minimum Gasteiger partial charge on any atom is -0.378 e. The highest BCUT2D eigenvalue weighted by Gasteiger charge is 2.27. The van der Waals surface area contributed by atoms with Crippen molar-refractivity contribution >= 4 is 0 Å². The van der Waals surface area contributed by atoms with Crippen molar-refractivity contribution in [2.45, 2.75) is 32.5 Å². The van der Waals surface area contributed by atoms with Crippen LogP contribution in [0.4, 0.5) is 0 Å². The summed E-state index contributed by atoms with van der Waals surface area (Å²) in [5, 5.41) is 0. The molecule has 1 rings (SSSR count). The van der Waals surface area contributed by atoms with Crippen LogP contribution in [0, 0.1) is 5.92 Å². The molecule has 1 fully saturated rings. The van der Waals surface area contributed by atoms with Crippen LogP contribution in [0.3, 0.4) is 0 Å². The Kier molecular flexibility index (Phi) is 2.69. The first-order valence-corrected chi connectivity index (χ1v) is 3.90. The van der Waals surface area contributed by atoms with Gasteiger partial charge >= 0.3 is 0 Å². The fourth-order valence-electron chi connectivity index (χ4n) is 1.59. The van der Waals surface area contributed by atoms with E-state index < -0.39 is 0 Å². The maximum atomic E-state index is 5.43. The average Bonchev–Trinajstić information content (AvgIpc) is 1.88. The lowest BCUT2D eigenvalue weighted by Crippen LogP contribution is -2.39. The van der Waals surface area contributed by atoms with Crippen LogP contribution in [0.1, 0.15) is 20.3 Å². The molecule has 0 spiro atoms. The lowest BCUT2D eigenvalue weighted by atomic mass is 9.95. The van der Waals surface area contributed by atoms with Gasteiger partial charge in [0.15, 0.2) is 0 Å². The summed E-state index contributed by atoms with van der Waals surface area (Å²) in [6.45, 7) is 5.18. The number of methoxy groups -OCH3 is 1. The summed E-state index contributed by atoms with van der Waals surface area (Å²) >= 11 is 0. The highest BCUT2D eigenvalue weighted by Crippen LogP contribution is 2.21. The molecule has 2 heteroatoms. The standard InChI is InChI=1S/C8H16O2/c1-6-4-5-10-7(2)8(6)9-3/h6-8H,4-5H2,1-3H3/t6-,7-,8?/m0/s1. The lowest BCUT2D eigenvalue weighted by Gasteiger charge is -2.33. The fourth-order valence-corrected chi connectivity index (χ4v) is 1.59. The van der Waals surface area contributed by atoms with E-state index in [1.165, 1.54) is 0 Å². The minimum absolute atomic E-state index is 0.272. The quantitative estimate of drug-likeness (QED) is 0.554. The second-order valence-electron chi connectivity index (χ2n) is 3.04. The predicted molar refractivity (Wildman–Crippen MR) is 40.0 cm³/mol. The first-order chi connectivity index (χ1) is 4.75. The maximum absolute atomic E-state index is 5.43. The first kappa shape index (κ1) is 8.02. The third kappa shape index (κ3) is 1.50. The molecular weight excluding hydrogens is 128 g/mol. The first-order valence-electron chi connectivity index (χ1n) is 3.90. The van der Waals surface area contributed by atoms with E-state index in [1.807, 2.05) is 0 Å². The van der Waals surface area contributed by atoms with Gasteiger partial charge in [0.25, 0.3) is 0 Å². The molecule has 60 valence electrons. The van der Waals surface area contributed by atoms with Gasteiger partial charge in [0.2, 0.25) is 0 Å². The Morgan fingerprint density at radius 1 is 1.40 bits per heavy atom. The van der Waals surface area contributed by atoms with E-state index >= 15 is 0 Å². The number of rotatable bonds is 1. The van der Waals surface area contributed by atoms with Crippen LogP contribution in [-0.4, -0.2) is 25.9 Å². The summed E-state index contributed by atoms with van der Waals surface area (Å²) in [5.41, 5.74) is 0. The Morgan fingerprint density at radius 2 is 2.10 bits per heavy atom. The van der Waals surface area contributed by atoms with Crippen molar-refractivity contribution in [3.05, 3.63) is 0 Å². The largest absolute Gasteiger partial charge is 0.378 e. The maximum Gasteiger partial charge on any atom is 0.0856 e. The van der Waals surface area contributed by atoms with Gasteiger partial charge in [0.05, 0.1) is 12.2 Å². The summed E-state index contributed by atoms with van der Waals surface area (Å²) in [4.78, 5) is 0. The number of hydrogen-bond acceptors (Lipinski definition) is 2. The van der Waals surface area contributed by atoms with Gasteiger partial charge in [-0.3, -0.25) is 0 Å². The molecule has 3 atom stereocenters. The van der Waals surface area contributed by atoms with Crippen molar-refractivity contribution in [1.29, 1.82) is 0 Å². The zero-order chi connectivity index (χ0) is 7.56. The fraction of sp³-hybridized carbons (Fsp3) is 1.00. The molecule has 1 saturated heterocycles. The Hall–Kier alpha value is -0.0800. The molecule has 0 aliphatic carbocycles. The van der Waals surface area contributed by atoms with Crippen LogP contribution >= 0.6 is 0 Å². The zero-order valence-electron chi connectivity index (χ0n) is 6.96. The molecule has 0 saturated carbocycles. The van der Waals surface area contributed by atoms with Crippen molar-refractivity contribution < 1.29 is 9.47 Å². The van der Waals surface area contributed by atoms with Crippen molar-refractivity contribution in [1.82, 2.24) is 0 Å². The molecule has 10 heavy (non-hydrogen) atoms. The molecule has 1 aliphatic rings. The zero-order valence-corrected chi connectivity index (χ0v) is 6.96. The topological polar surface area (TPSA) is 18.5 Å². The normalized spacial score (nSPS) is 41.7. The SMILES string of the molecule is COC1[C@H](C)OCC[C@@H]1C. The summed E-state index contributed by atoms with van der Waals surface area (Å²) in [5.74, 6) is 0.647. The second-order valence-corrected chi connectivity index (χ2v) is 3.04. The number of ether oxygens (including phenoxy) is 2. The van der Waals surface area contributed by atoms with Crippen molar-refractivity contribution in [3.63, 3.8) is 0 Å². The van der Waals surface area contributed by atoms with E-state index in [-0.39, 0.29) is 6.10 Å². The van der Waals surface area contributed by atoms with Crippen LogP contribution in [0.15, 0.2) is 0 Å². The van der Waals surface area contributed by atoms with Crippen LogP contribution in [-0.2, 0) is 9.47 Å². The van der Waals surface area contributed by atoms with Crippen LogP contribution < -0.4 is 0 Å². The molecule has 0 bridgehead atoms. The molecule has 1 heterocycles. The van der Waals surface area contributed by atoms with Gasteiger partial charge in [-0.05, 0) is 19.3 Å². The molecule has 0 aromatic heterocycles. The van der Waals surface area contributed by atoms with E-state index in [0.29, 0.717) is 12.0 Å². The van der Waals surface area contributed by atoms with Crippen LogP contribution in [0.25, 0.3) is 0 Å². The van der Waals surface area contributed by atoms with Gasteiger partial charge in [-0.25, -0.2) is 0 Å². The van der Waals surface area contributed by atoms with Crippen molar-refractivity contribution in [3.8, 4) is 0 Å². The molecule has 2 nitrogen and oxygen atoms in total. The molecule has 0 N–H and O–H groups in total. The Bertz CT molecular complexity index is 93.4. The van der Waals surface area contributed by atoms with E-state index in [9.17, 15) is 0 Å². The van der Waals surface area contributed by atoms with E-state index in [1.54, 1.807) is 7.11 Å². The Labute approximate surface area is 62.5 Å². The van der Waals surface area contributed by atoms with Gasteiger partial charge in [-0.15, -0.1) is 0 Å². The molecule has 1 aliphatic heterocycles. The Balaban J connectivity index is 2.45. The van der Waals surface area contributed by atoms with Crippen LogP contribution in [0.2, 0.25) is 0 Å². The Morgan fingerprint density at radius 3 is 2.50 bits per heavy atom. The van der Waals surface area contributed by atoms with Crippen LogP contribution in [0.5, 0.6) is 0 Å². The molecule has 0 aromatic rings. The van der Waals surface area contributed by atoms with E-state index in [0.717, 1.165) is 13.0 Å². The van der Waals surface area contributed by atoms with Crippen molar-refractivity contribution in [2.24, 2.45) is 5.92 Å². The lowest BCUT2D eigenvalue weighted by molar-refractivity contribution is -0.108. The van der Waals surface area contributed by atoms with Crippen molar-refractivity contribution in [2.75, 3.05) is 13.7 Å². The number of hydrogen-bond donors (Lipinski definition) is 0. The van der Waals surface area contributed by atoms with Gasteiger partial charge in [0, 0.05) is 13.7 Å². The monoisotopic (exact) mass is 144 g/mol. The van der Waals surface area contributed by atoms with Gasteiger partial charge in [0.1, 0.15) is 0 Å². The third-order valence-electron chi connectivity index (χ3n) is 2.25. The molecule has 0 radical (unpaired) electrons. The second kappa shape index (κ2) is 3.35. The molecule has 0 amide bonds. The summed E-state index contributed by atoms with van der Waals surface area (Å²) in [6, 6.07) is 0.